The fourth-order valence-corrected chi connectivity index (χ4v) is 2.08. The first-order valence-electron chi connectivity index (χ1n) is 5.31. The van der Waals surface area contributed by atoms with Crippen LogP contribution in [-0.4, -0.2) is 15.6 Å². The van der Waals surface area contributed by atoms with Crippen LogP contribution in [0.5, 0.6) is 0 Å². The second kappa shape index (κ2) is 3.95. The molecule has 14 heavy (non-hydrogen) atoms. The molecule has 1 saturated carbocycles. The summed E-state index contributed by atoms with van der Waals surface area (Å²) in [4.78, 5) is 11.1. The largest absolute Gasteiger partial charge is 0.300 e. The first kappa shape index (κ1) is 9.44. The van der Waals surface area contributed by atoms with Gasteiger partial charge in [0.2, 0.25) is 0 Å². The topological polar surface area (TPSA) is 34.9 Å². The maximum atomic E-state index is 11.1. The molecular formula is C11H16N2O. The zero-order valence-corrected chi connectivity index (χ0v) is 8.57. The minimum atomic E-state index is 0.429. The van der Waals surface area contributed by atoms with E-state index in [4.69, 9.17) is 0 Å². The van der Waals surface area contributed by atoms with Crippen molar-refractivity contribution in [2.24, 2.45) is 5.92 Å². The van der Waals surface area contributed by atoms with Gasteiger partial charge in [0, 0.05) is 25.6 Å². The van der Waals surface area contributed by atoms with Crippen LogP contribution < -0.4 is 0 Å². The molecule has 0 N–H and O–H groups in total. The highest BCUT2D eigenvalue weighted by molar-refractivity contribution is 5.80. The highest BCUT2D eigenvalue weighted by Gasteiger charge is 2.22. The summed E-state index contributed by atoms with van der Waals surface area (Å²) < 4.78 is 1.94. The molecule has 3 heteroatoms. The third kappa shape index (κ3) is 2.03. The van der Waals surface area contributed by atoms with Crippen molar-refractivity contribution in [1.29, 1.82) is 0 Å². The Bertz CT molecular complexity index is 330. The molecule has 1 aromatic rings. The van der Waals surface area contributed by atoms with Gasteiger partial charge in [0.15, 0.2) is 0 Å². The number of rotatable bonds is 3. The Balaban J connectivity index is 1.93. The zero-order chi connectivity index (χ0) is 9.97. The molecule has 0 aliphatic heterocycles. The van der Waals surface area contributed by atoms with Crippen molar-refractivity contribution in [2.45, 2.75) is 39.2 Å². The summed E-state index contributed by atoms with van der Waals surface area (Å²) in [6.45, 7) is 3.00. The summed E-state index contributed by atoms with van der Waals surface area (Å²) in [5.41, 5.74) is 1.27. The maximum Gasteiger partial charge on any atom is 0.133 e. The van der Waals surface area contributed by atoms with Crippen molar-refractivity contribution in [3.05, 3.63) is 18.0 Å². The number of Topliss-reactive ketones (excluding diaryl/α,β-unsaturated/α-hetero) is 1. The Morgan fingerprint density at radius 1 is 1.64 bits per heavy atom. The van der Waals surface area contributed by atoms with Gasteiger partial charge < -0.3 is 0 Å². The molecule has 76 valence electrons. The molecule has 3 nitrogen and oxygen atoms in total. The van der Waals surface area contributed by atoms with Gasteiger partial charge in [-0.05, 0) is 31.2 Å². The lowest BCUT2D eigenvalue weighted by Gasteiger charge is -2.04. The van der Waals surface area contributed by atoms with Crippen molar-refractivity contribution in [3.63, 3.8) is 0 Å². The average molecular weight is 192 g/mol. The molecular weight excluding hydrogens is 176 g/mol. The van der Waals surface area contributed by atoms with Crippen LogP contribution >= 0.6 is 0 Å². The van der Waals surface area contributed by atoms with Gasteiger partial charge >= 0.3 is 0 Å². The lowest BCUT2D eigenvalue weighted by atomic mass is 10.0. The van der Waals surface area contributed by atoms with E-state index >= 15 is 0 Å². The van der Waals surface area contributed by atoms with Crippen LogP contribution in [0, 0.1) is 5.92 Å². The average Bonchev–Trinajstić information content (AvgIpc) is 2.76. The van der Waals surface area contributed by atoms with Crippen LogP contribution in [0.2, 0.25) is 0 Å². The van der Waals surface area contributed by atoms with E-state index in [1.165, 1.54) is 5.56 Å². The van der Waals surface area contributed by atoms with Gasteiger partial charge in [-0.15, -0.1) is 0 Å². The molecule has 0 spiro atoms. The standard InChI is InChI=1S/C11H16N2O/c1-2-13-8-10(7-12-13)5-9-3-4-11(14)6-9/h7-9H,2-6H2,1H3. The number of ketones is 1. The molecule has 1 heterocycles. The predicted octanol–water partition coefficient (Wildman–Crippen LogP) is 1.81. The van der Waals surface area contributed by atoms with Crippen LogP contribution in [-0.2, 0) is 17.8 Å². The van der Waals surface area contributed by atoms with Crippen LogP contribution in [0.3, 0.4) is 0 Å². The van der Waals surface area contributed by atoms with E-state index in [2.05, 4.69) is 18.2 Å². The Hall–Kier alpha value is -1.12. The smallest absolute Gasteiger partial charge is 0.133 e. The monoisotopic (exact) mass is 192 g/mol. The van der Waals surface area contributed by atoms with Crippen molar-refractivity contribution in [1.82, 2.24) is 9.78 Å². The zero-order valence-electron chi connectivity index (χ0n) is 8.57. The second-order valence-corrected chi connectivity index (χ2v) is 4.06. The number of hydrogen-bond donors (Lipinski definition) is 0. The highest BCUT2D eigenvalue weighted by Crippen LogP contribution is 2.25. The van der Waals surface area contributed by atoms with E-state index in [-0.39, 0.29) is 0 Å². The van der Waals surface area contributed by atoms with Gasteiger partial charge in [0.1, 0.15) is 5.78 Å². The van der Waals surface area contributed by atoms with Crippen molar-refractivity contribution < 1.29 is 4.79 Å². The minimum Gasteiger partial charge on any atom is -0.300 e. The number of carbonyl (C=O) groups excluding carboxylic acids is 1. The van der Waals surface area contributed by atoms with E-state index in [9.17, 15) is 4.79 Å². The van der Waals surface area contributed by atoms with Gasteiger partial charge in [-0.2, -0.15) is 5.10 Å². The van der Waals surface area contributed by atoms with Crippen LogP contribution in [0.15, 0.2) is 12.4 Å². The van der Waals surface area contributed by atoms with Gasteiger partial charge in [0.25, 0.3) is 0 Å². The molecule has 1 atom stereocenters. The summed E-state index contributed by atoms with van der Waals surface area (Å²) in [5, 5.41) is 4.23. The SMILES string of the molecule is CCn1cc(CC2CCC(=O)C2)cn1. The van der Waals surface area contributed by atoms with Crippen molar-refractivity contribution in [2.75, 3.05) is 0 Å². The summed E-state index contributed by atoms with van der Waals surface area (Å²) in [6.07, 6.45) is 7.65. The van der Waals surface area contributed by atoms with E-state index in [1.807, 2.05) is 10.9 Å². The Labute approximate surface area is 84.1 Å². The maximum absolute atomic E-state index is 11.1. The fourth-order valence-electron chi connectivity index (χ4n) is 2.08. The first-order valence-corrected chi connectivity index (χ1v) is 5.31. The van der Waals surface area contributed by atoms with Crippen LogP contribution in [0.4, 0.5) is 0 Å². The number of carbonyl (C=O) groups is 1. The number of aromatic nitrogens is 2. The minimum absolute atomic E-state index is 0.429. The van der Waals surface area contributed by atoms with E-state index in [1.54, 1.807) is 0 Å². The molecule has 2 rings (SSSR count). The van der Waals surface area contributed by atoms with Crippen LogP contribution in [0.25, 0.3) is 0 Å². The Kier molecular flexibility index (Phi) is 2.66. The Morgan fingerprint density at radius 2 is 2.50 bits per heavy atom. The molecule has 0 amide bonds. The molecule has 0 aromatic carbocycles. The third-order valence-corrected chi connectivity index (χ3v) is 2.88. The summed E-state index contributed by atoms with van der Waals surface area (Å²) in [6, 6.07) is 0. The number of hydrogen-bond acceptors (Lipinski definition) is 2. The quantitative estimate of drug-likeness (QED) is 0.732. The highest BCUT2D eigenvalue weighted by atomic mass is 16.1. The second-order valence-electron chi connectivity index (χ2n) is 4.06. The number of aryl methyl sites for hydroxylation is 1. The molecule has 0 saturated heterocycles. The van der Waals surface area contributed by atoms with Gasteiger partial charge in [-0.1, -0.05) is 0 Å². The predicted molar refractivity (Wildman–Crippen MR) is 54.0 cm³/mol. The fraction of sp³-hybridized carbons (Fsp3) is 0.636. The molecule has 1 unspecified atom stereocenters. The van der Waals surface area contributed by atoms with Gasteiger partial charge in [0.05, 0.1) is 6.20 Å². The molecule has 1 aliphatic rings. The summed E-state index contributed by atoms with van der Waals surface area (Å²) >= 11 is 0. The lowest BCUT2D eigenvalue weighted by molar-refractivity contribution is -0.117. The molecule has 0 bridgehead atoms. The summed E-state index contributed by atoms with van der Waals surface area (Å²) in [7, 11) is 0. The molecule has 1 fully saturated rings. The van der Waals surface area contributed by atoms with Crippen LogP contribution in [0.1, 0.15) is 31.7 Å². The van der Waals surface area contributed by atoms with Crippen molar-refractivity contribution in [3.8, 4) is 0 Å². The normalized spacial score (nSPS) is 21.8. The molecule has 1 aliphatic carbocycles. The van der Waals surface area contributed by atoms with Gasteiger partial charge in [-0.25, -0.2) is 0 Å². The van der Waals surface area contributed by atoms with Crippen molar-refractivity contribution >= 4 is 5.78 Å². The number of nitrogens with zero attached hydrogens (tertiary/aromatic N) is 2. The Morgan fingerprint density at radius 3 is 3.07 bits per heavy atom. The summed E-state index contributed by atoms with van der Waals surface area (Å²) in [5.74, 6) is 0.995. The van der Waals surface area contributed by atoms with E-state index in [0.717, 1.165) is 32.2 Å². The van der Waals surface area contributed by atoms with E-state index < -0.39 is 0 Å². The molecule has 0 radical (unpaired) electrons. The van der Waals surface area contributed by atoms with E-state index in [0.29, 0.717) is 11.7 Å². The third-order valence-electron chi connectivity index (χ3n) is 2.88. The first-order chi connectivity index (χ1) is 6.78. The molecule has 1 aromatic heterocycles. The van der Waals surface area contributed by atoms with Gasteiger partial charge in [-0.3, -0.25) is 9.48 Å². The lowest BCUT2D eigenvalue weighted by Crippen LogP contribution is -1.99.